The fourth-order valence-corrected chi connectivity index (χ4v) is 1.73. The van der Waals surface area contributed by atoms with E-state index in [0.717, 1.165) is 12.8 Å². The van der Waals surface area contributed by atoms with E-state index in [2.05, 4.69) is 11.8 Å². The molecule has 0 fully saturated rings. The summed E-state index contributed by atoms with van der Waals surface area (Å²) in [5, 5.41) is 0. The summed E-state index contributed by atoms with van der Waals surface area (Å²) in [7, 11) is 0. The standard InChI is InChI=1S/C19H20O4/c1-4-7-8-9-10-19(20)23-18-14-16(21-11-5-2)13-17(15-18)22-12-6-3/h2-4,7,13-15H,8-12H2,1H3/b7-4-. The Morgan fingerprint density at radius 3 is 2.17 bits per heavy atom. The number of esters is 1. The molecule has 0 amide bonds. The van der Waals surface area contributed by atoms with E-state index in [-0.39, 0.29) is 19.2 Å². The molecular formula is C19H20O4. The van der Waals surface area contributed by atoms with Crippen LogP contribution in [0.2, 0.25) is 0 Å². The van der Waals surface area contributed by atoms with Gasteiger partial charge in [-0.25, -0.2) is 0 Å². The van der Waals surface area contributed by atoms with Crippen LogP contribution in [0.5, 0.6) is 17.2 Å². The van der Waals surface area contributed by atoms with Gasteiger partial charge in [0.2, 0.25) is 0 Å². The molecule has 0 saturated carbocycles. The van der Waals surface area contributed by atoms with Crippen LogP contribution in [0.4, 0.5) is 0 Å². The maximum atomic E-state index is 11.8. The zero-order valence-electron chi connectivity index (χ0n) is 13.2. The molecule has 0 N–H and O–H groups in total. The van der Waals surface area contributed by atoms with Gasteiger partial charge in [-0.05, 0) is 19.8 Å². The van der Waals surface area contributed by atoms with Crippen LogP contribution in [-0.4, -0.2) is 19.2 Å². The Morgan fingerprint density at radius 2 is 1.65 bits per heavy atom. The highest BCUT2D eigenvalue weighted by Crippen LogP contribution is 2.28. The average molecular weight is 312 g/mol. The summed E-state index contributed by atoms with van der Waals surface area (Å²) >= 11 is 0. The van der Waals surface area contributed by atoms with E-state index < -0.39 is 0 Å². The first-order valence-electron chi connectivity index (χ1n) is 7.29. The Hall–Kier alpha value is -2.85. The van der Waals surface area contributed by atoms with Crippen molar-refractivity contribution in [1.29, 1.82) is 0 Å². The lowest BCUT2D eigenvalue weighted by molar-refractivity contribution is -0.134. The Morgan fingerprint density at radius 1 is 1.09 bits per heavy atom. The van der Waals surface area contributed by atoms with Gasteiger partial charge in [-0.2, -0.15) is 0 Å². The average Bonchev–Trinajstić information content (AvgIpc) is 2.55. The molecule has 0 atom stereocenters. The lowest BCUT2D eigenvalue weighted by atomic mass is 10.2. The van der Waals surface area contributed by atoms with Crippen LogP contribution in [0.3, 0.4) is 0 Å². The number of rotatable bonds is 9. The fraction of sp³-hybridized carbons (Fsp3) is 0.316. The third kappa shape index (κ3) is 7.64. The summed E-state index contributed by atoms with van der Waals surface area (Å²) in [4.78, 5) is 11.8. The lowest BCUT2D eigenvalue weighted by Crippen LogP contribution is -2.08. The van der Waals surface area contributed by atoms with Gasteiger partial charge >= 0.3 is 5.97 Å². The zero-order chi connectivity index (χ0) is 16.9. The third-order valence-corrected chi connectivity index (χ3v) is 2.72. The van der Waals surface area contributed by atoms with Crippen LogP contribution < -0.4 is 14.2 Å². The van der Waals surface area contributed by atoms with E-state index in [0.29, 0.717) is 23.7 Å². The van der Waals surface area contributed by atoms with Gasteiger partial charge in [-0.3, -0.25) is 4.79 Å². The van der Waals surface area contributed by atoms with Crippen LogP contribution in [0.1, 0.15) is 26.2 Å². The minimum Gasteiger partial charge on any atom is -0.481 e. The second kappa shape index (κ2) is 10.8. The SMILES string of the molecule is C#CCOc1cc(OCC#C)cc(OC(=O)CCC/C=C\C)c1. The minimum absolute atomic E-state index is 0.106. The number of benzene rings is 1. The predicted molar refractivity (Wildman–Crippen MR) is 89.4 cm³/mol. The Balaban J connectivity index is 2.72. The molecule has 0 aliphatic carbocycles. The van der Waals surface area contributed by atoms with E-state index in [4.69, 9.17) is 27.1 Å². The molecule has 0 bridgehead atoms. The highest BCUT2D eigenvalue weighted by atomic mass is 16.5. The van der Waals surface area contributed by atoms with Crippen LogP contribution >= 0.6 is 0 Å². The van der Waals surface area contributed by atoms with Crippen molar-refractivity contribution in [3.63, 3.8) is 0 Å². The molecular weight excluding hydrogens is 292 g/mol. The molecule has 120 valence electrons. The zero-order valence-corrected chi connectivity index (χ0v) is 13.2. The molecule has 0 unspecified atom stereocenters. The van der Waals surface area contributed by atoms with E-state index in [1.165, 1.54) is 0 Å². The number of carbonyl (C=O) groups excluding carboxylic acids is 1. The fourth-order valence-electron chi connectivity index (χ4n) is 1.73. The first-order valence-corrected chi connectivity index (χ1v) is 7.29. The van der Waals surface area contributed by atoms with Crippen molar-refractivity contribution in [2.24, 2.45) is 0 Å². The monoisotopic (exact) mass is 312 g/mol. The molecule has 1 aromatic rings. The predicted octanol–water partition coefficient (Wildman–Crippen LogP) is 3.36. The van der Waals surface area contributed by atoms with Gasteiger partial charge < -0.3 is 14.2 Å². The van der Waals surface area contributed by atoms with Crippen molar-refractivity contribution in [2.45, 2.75) is 26.2 Å². The molecule has 0 aliphatic rings. The number of allylic oxidation sites excluding steroid dienone is 2. The van der Waals surface area contributed by atoms with Gasteiger partial charge in [-0.15, -0.1) is 12.8 Å². The van der Waals surface area contributed by atoms with Crippen LogP contribution in [0.25, 0.3) is 0 Å². The van der Waals surface area contributed by atoms with E-state index >= 15 is 0 Å². The van der Waals surface area contributed by atoms with Crippen molar-refractivity contribution in [1.82, 2.24) is 0 Å². The van der Waals surface area contributed by atoms with Gasteiger partial charge in [0.25, 0.3) is 0 Å². The molecule has 4 nitrogen and oxygen atoms in total. The van der Waals surface area contributed by atoms with Crippen molar-refractivity contribution in [3.05, 3.63) is 30.4 Å². The molecule has 4 heteroatoms. The first kappa shape index (κ1) is 18.2. The molecule has 0 radical (unpaired) electrons. The number of terminal acetylenes is 2. The van der Waals surface area contributed by atoms with Crippen molar-refractivity contribution < 1.29 is 19.0 Å². The molecule has 23 heavy (non-hydrogen) atoms. The maximum absolute atomic E-state index is 11.8. The molecule has 1 aromatic carbocycles. The van der Waals surface area contributed by atoms with Crippen LogP contribution in [0, 0.1) is 24.7 Å². The van der Waals surface area contributed by atoms with Crippen LogP contribution in [-0.2, 0) is 4.79 Å². The second-order valence-corrected chi connectivity index (χ2v) is 4.56. The molecule has 0 heterocycles. The number of unbranched alkanes of at least 4 members (excludes halogenated alkanes) is 1. The van der Waals surface area contributed by atoms with Gasteiger partial charge in [0.05, 0.1) is 0 Å². The molecule has 0 spiro atoms. The van der Waals surface area contributed by atoms with E-state index in [9.17, 15) is 4.79 Å². The lowest BCUT2D eigenvalue weighted by Gasteiger charge is -2.10. The summed E-state index contributed by atoms with van der Waals surface area (Å²) in [6.45, 7) is 2.16. The quantitative estimate of drug-likeness (QED) is 0.231. The Kier molecular flexibility index (Phi) is 8.56. The highest BCUT2D eigenvalue weighted by Gasteiger charge is 2.09. The Labute approximate surface area is 137 Å². The summed E-state index contributed by atoms with van der Waals surface area (Å²) in [6.07, 6.45) is 16.2. The third-order valence-electron chi connectivity index (χ3n) is 2.72. The van der Waals surface area contributed by atoms with Crippen molar-refractivity contribution in [3.8, 4) is 41.9 Å². The van der Waals surface area contributed by atoms with Gasteiger partial charge in [0.1, 0.15) is 30.5 Å². The molecule has 0 saturated heterocycles. The summed E-state index contributed by atoms with van der Waals surface area (Å²) in [5.74, 6) is 5.67. The van der Waals surface area contributed by atoms with Crippen molar-refractivity contribution >= 4 is 5.97 Å². The normalized spacial score (nSPS) is 9.87. The number of hydrogen-bond acceptors (Lipinski definition) is 4. The van der Waals surface area contributed by atoms with E-state index in [1.807, 2.05) is 19.1 Å². The van der Waals surface area contributed by atoms with Gasteiger partial charge in [-0.1, -0.05) is 24.0 Å². The summed E-state index contributed by atoms with van der Waals surface area (Å²) in [6, 6.07) is 4.81. The Bertz CT molecular complexity index is 581. The maximum Gasteiger partial charge on any atom is 0.311 e. The molecule has 0 aliphatic heterocycles. The topological polar surface area (TPSA) is 44.8 Å². The van der Waals surface area contributed by atoms with Gasteiger partial charge in [0.15, 0.2) is 0 Å². The van der Waals surface area contributed by atoms with Gasteiger partial charge in [0, 0.05) is 24.6 Å². The smallest absolute Gasteiger partial charge is 0.311 e. The highest BCUT2D eigenvalue weighted by molar-refractivity contribution is 5.72. The largest absolute Gasteiger partial charge is 0.481 e. The summed E-state index contributed by atoms with van der Waals surface area (Å²) in [5.41, 5.74) is 0. The van der Waals surface area contributed by atoms with E-state index in [1.54, 1.807) is 18.2 Å². The number of ether oxygens (including phenoxy) is 3. The van der Waals surface area contributed by atoms with Crippen LogP contribution in [0.15, 0.2) is 30.4 Å². The number of hydrogen-bond donors (Lipinski definition) is 0. The molecule has 0 aromatic heterocycles. The minimum atomic E-state index is -0.313. The first-order chi connectivity index (χ1) is 11.2. The van der Waals surface area contributed by atoms with Crippen molar-refractivity contribution in [2.75, 3.05) is 13.2 Å². The summed E-state index contributed by atoms with van der Waals surface area (Å²) < 4.78 is 16.0. The molecule has 1 rings (SSSR count). The number of carbonyl (C=O) groups is 1. The second-order valence-electron chi connectivity index (χ2n) is 4.56.